The molecule has 1 N–H and O–H groups in total. The van der Waals surface area contributed by atoms with Crippen molar-refractivity contribution in [3.8, 4) is 5.75 Å². The number of ether oxygens (including phenoxy) is 1. The minimum atomic E-state index is -0.670. The molecule has 0 aliphatic rings. The molecule has 2 atom stereocenters. The van der Waals surface area contributed by atoms with Crippen LogP contribution in [-0.4, -0.2) is 35.4 Å². The third kappa shape index (κ3) is 7.45. The van der Waals surface area contributed by atoms with E-state index >= 15 is 0 Å². The Morgan fingerprint density at radius 3 is 2.25 bits per heavy atom. The van der Waals surface area contributed by atoms with E-state index in [1.54, 1.807) is 4.90 Å². The maximum absolute atomic E-state index is 13.7. The summed E-state index contributed by atoms with van der Waals surface area (Å²) < 4.78 is 5.91. The van der Waals surface area contributed by atoms with E-state index in [0.29, 0.717) is 18.7 Å². The number of nitrogens with one attached hydrogen (secondary N) is 1. The predicted molar refractivity (Wildman–Crippen MR) is 145 cm³/mol. The average Bonchev–Trinajstić information content (AvgIpc) is 2.88. The summed E-state index contributed by atoms with van der Waals surface area (Å²) in [7, 11) is 0. The second-order valence-electron chi connectivity index (χ2n) is 9.51. The molecule has 0 fully saturated rings. The highest BCUT2D eigenvalue weighted by atomic mass is 16.5. The van der Waals surface area contributed by atoms with E-state index in [-0.39, 0.29) is 24.5 Å². The fourth-order valence-electron chi connectivity index (χ4n) is 4.00. The van der Waals surface area contributed by atoms with Crippen LogP contribution in [0.4, 0.5) is 0 Å². The highest BCUT2D eigenvalue weighted by Gasteiger charge is 2.31. The van der Waals surface area contributed by atoms with Crippen molar-refractivity contribution in [2.75, 3.05) is 6.61 Å². The van der Waals surface area contributed by atoms with E-state index in [0.717, 1.165) is 28.7 Å². The molecule has 0 radical (unpaired) electrons. The first-order valence-corrected chi connectivity index (χ1v) is 12.7. The second-order valence-corrected chi connectivity index (χ2v) is 9.51. The molecule has 5 heteroatoms. The van der Waals surface area contributed by atoms with Gasteiger partial charge in [-0.3, -0.25) is 9.59 Å². The maximum atomic E-state index is 13.7. The molecule has 0 saturated heterocycles. The molecule has 0 aromatic heterocycles. The van der Waals surface area contributed by atoms with Crippen LogP contribution < -0.4 is 10.1 Å². The molecular weight excluding hydrogens is 448 g/mol. The third-order valence-corrected chi connectivity index (χ3v) is 6.71. The lowest BCUT2D eigenvalue weighted by Crippen LogP contribution is -2.53. The average molecular weight is 487 g/mol. The fourth-order valence-corrected chi connectivity index (χ4v) is 4.00. The number of rotatable bonds is 11. The van der Waals surface area contributed by atoms with Crippen LogP contribution in [0, 0.1) is 20.8 Å². The molecule has 3 aromatic rings. The van der Waals surface area contributed by atoms with Crippen molar-refractivity contribution in [2.45, 2.75) is 66.1 Å². The molecule has 3 aromatic carbocycles. The van der Waals surface area contributed by atoms with E-state index in [1.807, 2.05) is 107 Å². The summed E-state index contributed by atoms with van der Waals surface area (Å²) in [6.45, 7) is 10.3. The first-order chi connectivity index (χ1) is 17.3. The number of carbonyl (C=O) groups excluding carboxylic acids is 2. The van der Waals surface area contributed by atoms with Crippen molar-refractivity contribution in [3.63, 3.8) is 0 Å². The zero-order valence-corrected chi connectivity index (χ0v) is 22.1. The number of carbonyl (C=O) groups is 2. The Hall–Kier alpha value is -3.60. The van der Waals surface area contributed by atoms with Crippen molar-refractivity contribution >= 4 is 11.8 Å². The Labute approximate surface area is 215 Å². The van der Waals surface area contributed by atoms with E-state index in [4.69, 9.17) is 4.74 Å². The standard InChI is InChI=1S/C31H38N2O3/c1-6-25(5)32-31(35)29(19-26-13-8-7-9-14-26)33(20-27-15-11-10-12-23(27)3)30(34)21-36-28-17-16-22(2)24(4)18-28/h7-18,25,29H,6,19-21H2,1-5H3,(H,32,35)/t25-,29-/m1/s1. The topological polar surface area (TPSA) is 58.6 Å². The highest BCUT2D eigenvalue weighted by molar-refractivity contribution is 5.88. The summed E-state index contributed by atoms with van der Waals surface area (Å²) in [5, 5.41) is 3.10. The Bertz CT molecular complexity index is 1160. The van der Waals surface area contributed by atoms with Crippen molar-refractivity contribution in [3.05, 3.63) is 101 Å². The Balaban J connectivity index is 1.92. The molecule has 36 heavy (non-hydrogen) atoms. The lowest BCUT2D eigenvalue weighted by molar-refractivity contribution is -0.143. The van der Waals surface area contributed by atoms with Gasteiger partial charge in [0, 0.05) is 19.0 Å². The molecule has 3 rings (SSSR count). The van der Waals surface area contributed by atoms with Gasteiger partial charge in [0.25, 0.3) is 5.91 Å². The summed E-state index contributed by atoms with van der Waals surface area (Å²) in [6, 6.07) is 22.9. The summed E-state index contributed by atoms with van der Waals surface area (Å²) in [6.07, 6.45) is 1.23. The zero-order chi connectivity index (χ0) is 26.1. The van der Waals surface area contributed by atoms with Crippen LogP contribution in [0.5, 0.6) is 5.75 Å². The van der Waals surface area contributed by atoms with Crippen molar-refractivity contribution in [1.82, 2.24) is 10.2 Å². The monoisotopic (exact) mass is 486 g/mol. The number of amides is 2. The van der Waals surface area contributed by atoms with Gasteiger partial charge in [-0.1, -0.05) is 67.6 Å². The molecular formula is C31H38N2O3. The predicted octanol–water partition coefficient (Wildman–Crippen LogP) is 5.55. The minimum absolute atomic E-state index is 0.0120. The van der Waals surface area contributed by atoms with Gasteiger partial charge in [-0.2, -0.15) is 0 Å². The molecule has 0 saturated carbocycles. The number of hydrogen-bond acceptors (Lipinski definition) is 3. The minimum Gasteiger partial charge on any atom is -0.484 e. The molecule has 0 spiro atoms. The summed E-state index contributed by atoms with van der Waals surface area (Å²) in [5.74, 6) is 0.268. The first kappa shape index (κ1) is 27.0. The van der Waals surface area contributed by atoms with Crippen LogP contribution in [0.15, 0.2) is 72.8 Å². The van der Waals surface area contributed by atoms with Gasteiger partial charge in [0.1, 0.15) is 11.8 Å². The lowest BCUT2D eigenvalue weighted by Gasteiger charge is -2.32. The van der Waals surface area contributed by atoms with Gasteiger partial charge in [0.05, 0.1) is 0 Å². The van der Waals surface area contributed by atoms with E-state index in [9.17, 15) is 9.59 Å². The molecule has 0 aliphatic carbocycles. The molecule has 0 unspecified atom stereocenters. The van der Waals surface area contributed by atoms with Crippen LogP contribution >= 0.6 is 0 Å². The van der Waals surface area contributed by atoms with Crippen LogP contribution in [0.1, 0.15) is 48.1 Å². The molecule has 0 aliphatic heterocycles. The van der Waals surface area contributed by atoms with Crippen molar-refractivity contribution in [2.24, 2.45) is 0 Å². The number of benzene rings is 3. The second kappa shape index (κ2) is 12.9. The van der Waals surface area contributed by atoms with Gasteiger partial charge < -0.3 is 15.0 Å². The number of nitrogens with zero attached hydrogens (tertiary/aromatic N) is 1. The summed E-state index contributed by atoms with van der Waals surface area (Å²) in [4.78, 5) is 28.9. The summed E-state index contributed by atoms with van der Waals surface area (Å²) >= 11 is 0. The normalized spacial score (nSPS) is 12.5. The van der Waals surface area contributed by atoms with Gasteiger partial charge in [0.15, 0.2) is 6.61 Å². The SMILES string of the molecule is CC[C@@H](C)NC(=O)[C@@H](Cc1ccccc1)N(Cc1ccccc1C)C(=O)COc1ccc(C)c(C)c1. The van der Waals surface area contributed by atoms with Crippen LogP contribution in [0.25, 0.3) is 0 Å². The first-order valence-electron chi connectivity index (χ1n) is 12.7. The fraction of sp³-hybridized carbons (Fsp3) is 0.355. The number of hydrogen-bond donors (Lipinski definition) is 1. The molecule has 0 bridgehead atoms. The van der Waals surface area contributed by atoms with Crippen molar-refractivity contribution in [1.29, 1.82) is 0 Å². The van der Waals surface area contributed by atoms with Gasteiger partial charge >= 0.3 is 0 Å². The van der Waals surface area contributed by atoms with Gasteiger partial charge in [-0.05, 0) is 74.1 Å². The Kier molecular flexibility index (Phi) is 9.69. The van der Waals surface area contributed by atoms with E-state index < -0.39 is 6.04 Å². The quantitative estimate of drug-likeness (QED) is 0.387. The van der Waals surface area contributed by atoms with Crippen LogP contribution in [0.3, 0.4) is 0 Å². The zero-order valence-electron chi connectivity index (χ0n) is 22.1. The van der Waals surface area contributed by atoms with Crippen molar-refractivity contribution < 1.29 is 14.3 Å². The van der Waals surface area contributed by atoms with E-state index in [1.165, 1.54) is 5.56 Å². The smallest absolute Gasteiger partial charge is 0.261 e. The Morgan fingerprint density at radius 2 is 1.58 bits per heavy atom. The number of aryl methyl sites for hydroxylation is 3. The summed E-state index contributed by atoms with van der Waals surface area (Å²) in [5.41, 5.74) is 5.35. The largest absolute Gasteiger partial charge is 0.484 e. The molecule has 190 valence electrons. The van der Waals surface area contributed by atoms with Crippen LogP contribution in [-0.2, 0) is 22.6 Å². The van der Waals surface area contributed by atoms with Gasteiger partial charge in [0.2, 0.25) is 5.91 Å². The van der Waals surface area contributed by atoms with Gasteiger partial charge in [-0.25, -0.2) is 0 Å². The molecule has 0 heterocycles. The molecule has 5 nitrogen and oxygen atoms in total. The highest BCUT2D eigenvalue weighted by Crippen LogP contribution is 2.20. The van der Waals surface area contributed by atoms with Gasteiger partial charge in [-0.15, -0.1) is 0 Å². The lowest BCUT2D eigenvalue weighted by atomic mass is 10.0. The van der Waals surface area contributed by atoms with E-state index in [2.05, 4.69) is 5.32 Å². The maximum Gasteiger partial charge on any atom is 0.261 e. The van der Waals surface area contributed by atoms with Crippen LogP contribution in [0.2, 0.25) is 0 Å². The third-order valence-electron chi connectivity index (χ3n) is 6.71. The Morgan fingerprint density at radius 1 is 0.889 bits per heavy atom. The molecule has 2 amide bonds.